The van der Waals surface area contributed by atoms with Gasteiger partial charge in [0.15, 0.2) is 0 Å². The Morgan fingerprint density at radius 2 is 1.90 bits per heavy atom. The number of para-hydroxylation sites is 1. The highest BCUT2D eigenvalue weighted by atomic mass is 35.5. The Morgan fingerprint density at radius 3 is 2.59 bits per heavy atom. The number of halogens is 2. The van der Waals surface area contributed by atoms with E-state index in [4.69, 9.17) is 16.3 Å². The third kappa shape index (κ3) is 3.97. The molecule has 4 rings (SSSR count). The largest absolute Gasteiger partial charge is 0.378 e. The minimum Gasteiger partial charge on any atom is -0.378 e. The Bertz CT molecular complexity index is 1030. The van der Waals surface area contributed by atoms with Crippen LogP contribution >= 0.6 is 11.6 Å². The molecule has 1 saturated heterocycles. The first kappa shape index (κ1) is 19.4. The topological polar surface area (TPSA) is 59.4 Å². The molecule has 1 N–H and O–H groups in total. The van der Waals surface area contributed by atoms with E-state index >= 15 is 0 Å². The highest BCUT2D eigenvalue weighted by Gasteiger charge is 2.22. The molecule has 1 aliphatic heterocycles. The number of amides is 1. The van der Waals surface area contributed by atoms with E-state index in [1.807, 2.05) is 35.2 Å². The predicted octanol–water partition coefficient (Wildman–Crippen LogP) is 4.06. The molecule has 0 spiro atoms. The van der Waals surface area contributed by atoms with E-state index in [0.29, 0.717) is 43.4 Å². The molecule has 3 aromatic rings. The zero-order chi connectivity index (χ0) is 20.4. The highest BCUT2D eigenvalue weighted by Crippen LogP contribution is 2.27. The lowest BCUT2D eigenvalue weighted by molar-refractivity contribution is 0.102. The molecule has 1 fully saturated rings. The van der Waals surface area contributed by atoms with Gasteiger partial charge in [-0.15, -0.1) is 0 Å². The van der Waals surface area contributed by atoms with Crippen LogP contribution in [0.4, 0.5) is 15.8 Å². The van der Waals surface area contributed by atoms with Crippen molar-refractivity contribution >= 4 is 28.9 Å². The molecule has 1 aliphatic rings. The number of aromatic nitrogens is 2. The summed E-state index contributed by atoms with van der Waals surface area (Å²) < 4.78 is 21.4. The fraction of sp³-hybridized carbons (Fsp3) is 0.238. The van der Waals surface area contributed by atoms with Gasteiger partial charge in [-0.25, -0.2) is 9.07 Å². The van der Waals surface area contributed by atoms with Gasteiger partial charge >= 0.3 is 0 Å². The molecular formula is C21H20ClFN4O2. The molecule has 2 heterocycles. The van der Waals surface area contributed by atoms with Gasteiger partial charge in [-0.05, 0) is 37.3 Å². The van der Waals surface area contributed by atoms with Gasteiger partial charge in [0.2, 0.25) is 0 Å². The van der Waals surface area contributed by atoms with E-state index in [1.54, 1.807) is 19.1 Å². The summed E-state index contributed by atoms with van der Waals surface area (Å²) in [5.74, 6) is -0.833. The molecule has 29 heavy (non-hydrogen) atoms. The number of morpholine rings is 1. The normalized spacial score (nSPS) is 14.1. The molecule has 0 radical (unpaired) electrons. The molecular weight excluding hydrogens is 395 g/mol. The van der Waals surface area contributed by atoms with Gasteiger partial charge < -0.3 is 15.0 Å². The minimum atomic E-state index is -0.437. The Balaban J connectivity index is 1.55. The summed E-state index contributed by atoms with van der Waals surface area (Å²) in [4.78, 5) is 14.7. The van der Waals surface area contributed by atoms with E-state index in [-0.39, 0.29) is 10.7 Å². The van der Waals surface area contributed by atoms with E-state index in [0.717, 1.165) is 5.69 Å². The fourth-order valence-electron chi connectivity index (χ4n) is 3.34. The Labute approximate surface area is 172 Å². The molecule has 2 aromatic carbocycles. The molecule has 150 valence electrons. The van der Waals surface area contributed by atoms with Gasteiger partial charge in [0.05, 0.1) is 30.3 Å². The van der Waals surface area contributed by atoms with E-state index in [2.05, 4.69) is 10.4 Å². The number of ether oxygens (including phenoxy) is 1. The van der Waals surface area contributed by atoms with Crippen molar-refractivity contribution in [2.45, 2.75) is 6.92 Å². The number of benzene rings is 2. The number of hydrogen-bond donors (Lipinski definition) is 1. The van der Waals surface area contributed by atoms with Crippen LogP contribution in [-0.4, -0.2) is 42.0 Å². The monoisotopic (exact) mass is 414 g/mol. The van der Waals surface area contributed by atoms with E-state index in [9.17, 15) is 9.18 Å². The standard InChI is InChI=1S/C21H20ClFN4O2/c1-14-19(20(22)27(25-14)16-5-3-2-4-6-16)21(28)24-15-7-8-18(17(23)13-15)26-9-11-29-12-10-26/h2-8,13H,9-12H2,1H3,(H,24,28). The lowest BCUT2D eigenvalue weighted by Crippen LogP contribution is -2.36. The summed E-state index contributed by atoms with van der Waals surface area (Å²) in [6.07, 6.45) is 0. The lowest BCUT2D eigenvalue weighted by atomic mass is 10.2. The average Bonchev–Trinajstić information content (AvgIpc) is 3.03. The number of aryl methyl sites for hydroxylation is 1. The Hall–Kier alpha value is -2.90. The molecule has 1 aromatic heterocycles. The lowest BCUT2D eigenvalue weighted by Gasteiger charge is -2.29. The van der Waals surface area contributed by atoms with Crippen molar-refractivity contribution in [2.75, 3.05) is 36.5 Å². The summed E-state index contributed by atoms with van der Waals surface area (Å²) in [6.45, 7) is 4.12. The summed E-state index contributed by atoms with van der Waals surface area (Å²) in [5, 5.41) is 7.29. The number of nitrogens with zero attached hydrogens (tertiary/aromatic N) is 3. The molecule has 0 saturated carbocycles. The second kappa shape index (κ2) is 8.23. The van der Waals surface area contributed by atoms with Crippen LogP contribution in [0.2, 0.25) is 5.15 Å². The maximum Gasteiger partial charge on any atom is 0.260 e. The van der Waals surface area contributed by atoms with Crippen molar-refractivity contribution < 1.29 is 13.9 Å². The van der Waals surface area contributed by atoms with E-state index < -0.39 is 11.7 Å². The number of carbonyl (C=O) groups excluding carboxylic acids is 1. The number of hydrogen-bond acceptors (Lipinski definition) is 4. The van der Waals surface area contributed by atoms with Crippen LogP contribution in [0.25, 0.3) is 5.69 Å². The molecule has 0 atom stereocenters. The minimum absolute atomic E-state index is 0.205. The first-order valence-electron chi connectivity index (χ1n) is 9.29. The highest BCUT2D eigenvalue weighted by molar-refractivity contribution is 6.34. The molecule has 0 bridgehead atoms. The molecule has 1 amide bonds. The van der Waals surface area contributed by atoms with Crippen LogP contribution in [0, 0.1) is 12.7 Å². The average molecular weight is 415 g/mol. The predicted molar refractivity (Wildman–Crippen MR) is 111 cm³/mol. The second-order valence-corrected chi connectivity index (χ2v) is 7.08. The maximum absolute atomic E-state index is 14.6. The van der Waals surface area contributed by atoms with Crippen LogP contribution in [0.3, 0.4) is 0 Å². The summed E-state index contributed by atoms with van der Waals surface area (Å²) >= 11 is 6.43. The number of anilines is 2. The molecule has 0 aliphatic carbocycles. The van der Waals surface area contributed by atoms with Gasteiger partial charge in [0.25, 0.3) is 5.91 Å². The fourth-order valence-corrected chi connectivity index (χ4v) is 3.69. The zero-order valence-electron chi connectivity index (χ0n) is 15.9. The van der Waals surface area contributed by atoms with Crippen molar-refractivity contribution in [3.8, 4) is 5.69 Å². The van der Waals surface area contributed by atoms with Crippen LogP contribution in [0.15, 0.2) is 48.5 Å². The third-order valence-electron chi connectivity index (χ3n) is 4.79. The molecule has 0 unspecified atom stereocenters. The van der Waals surface area contributed by atoms with Gasteiger partial charge in [-0.3, -0.25) is 4.79 Å². The Kier molecular flexibility index (Phi) is 5.51. The van der Waals surface area contributed by atoms with Crippen molar-refractivity contribution in [2.24, 2.45) is 0 Å². The quantitative estimate of drug-likeness (QED) is 0.699. The van der Waals surface area contributed by atoms with Crippen LogP contribution in [-0.2, 0) is 4.74 Å². The van der Waals surface area contributed by atoms with Gasteiger partial charge in [-0.2, -0.15) is 5.10 Å². The molecule has 8 heteroatoms. The Morgan fingerprint density at radius 1 is 1.17 bits per heavy atom. The van der Waals surface area contributed by atoms with E-state index in [1.165, 1.54) is 10.7 Å². The smallest absolute Gasteiger partial charge is 0.260 e. The maximum atomic E-state index is 14.6. The van der Waals surface area contributed by atoms with Crippen molar-refractivity contribution in [1.82, 2.24) is 9.78 Å². The van der Waals surface area contributed by atoms with Crippen molar-refractivity contribution in [3.63, 3.8) is 0 Å². The molecule has 6 nitrogen and oxygen atoms in total. The van der Waals surface area contributed by atoms with Crippen LogP contribution < -0.4 is 10.2 Å². The number of nitrogens with one attached hydrogen (secondary N) is 1. The van der Waals surface area contributed by atoms with Gasteiger partial charge in [0, 0.05) is 18.8 Å². The number of rotatable bonds is 4. The van der Waals surface area contributed by atoms with Gasteiger partial charge in [0.1, 0.15) is 16.5 Å². The van der Waals surface area contributed by atoms with Crippen LogP contribution in [0.1, 0.15) is 16.1 Å². The summed E-state index contributed by atoms with van der Waals surface area (Å²) in [6, 6.07) is 14.0. The van der Waals surface area contributed by atoms with Crippen molar-refractivity contribution in [1.29, 1.82) is 0 Å². The zero-order valence-corrected chi connectivity index (χ0v) is 16.6. The van der Waals surface area contributed by atoms with Crippen molar-refractivity contribution in [3.05, 3.63) is 70.8 Å². The first-order valence-corrected chi connectivity index (χ1v) is 9.66. The number of carbonyl (C=O) groups is 1. The van der Waals surface area contributed by atoms with Gasteiger partial charge in [-0.1, -0.05) is 29.8 Å². The second-order valence-electron chi connectivity index (χ2n) is 6.72. The van der Waals surface area contributed by atoms with Crippen LogP contribution in [0.5, 0.6) is 0 Å². The first-order chi connectivity index (χ1) is 14.0. The summed E-state index contributed by atoms with van der Waals surface area (Å²) in [5.41, 5.74) is 2.35. The third-order valence-corrected chi connectivity index (χ3v) is 5.14. The SMILES string of the molecule is Cc1nn(-c2ccccc2)c(Cl)c1C(=O)Nc1ccc(N2CCOCC2)c(F)c1. The summed E-state index contributed by atoms with van der Waals surface area (Å²) in [7, 11) is 0.